The Morgan fingerprint density at radius 2 is 2.09 bits per heavy atom. The van der Waals surface area contributed by atoms with Gasteiger partial charge < -0.3 is 15.2 Å². The van der Waals surface area contributed by atoms with E-state index in [1.165, 1.54) is 25.7 Å². The fraction of sp³-hybridized carbons (Fsp3) is 0.250. The van der Waals surface area contributed by atoms with Crippen LogP contribution < -0.4 is 10.1 Å². The summed E-state index contributed by atoms with van der Waals surface area (Å²) in [7, 11) is 1.53. The summed E-state index contributed by atoms with van der Waals surface area (Å²) in [5.41, 5.74) is 0.921. The van der Waals surface area contributed by atoms with Crippen molar-refractivity contribution in [2.75, 3.05) is 13.7 Å². The topological polar surface area (TPSA) is 101 Å². The maximum atomic E-state index is 11.9. The first kappa shape index (κ1) is 16.4. The number of para-hydroxylation sites is 1. The first-order valence-electron chi connectivity index (χ1n) is 7.00. The van der Waals surface area contributed by atoms with Gasteiger partial charge in [0.05, 0.1) is 19.2 Å². The molecule has 1 aromatic carbocycles. The first-order chi connectivity index (χ1) is 11.1. The number of methoxy groups -OCH3 is 1. The Hall–Kier alpha value is -2.96. The number of benzene rings is 1. The summed E-state index contributed by atoms with van der Waals surface area (Å²) in [6.07, 6.45) is 4.43. The number of nitrogens with one attached hydrogen (secondary N) is 1. The molecule has 2 N–H and O–H groups in total. The van der Waals surface area contributed by atoms with Crippen molar-refractivity contribution in [2.45, 2.75) is 6.42 Å². The summed E-state index contributed by atoms with van der Waals surface area (Å²) in [6.45, 7) is -0.0111. The monoisotopic (exact) mass is 315 g/mol. The fourth-order valence-corrected chi connectivity index (χ4v) is 2.11. The van der Waals surface area contributed by atoms with Crippen LogP contribution in [0.25, 0.3) is 0 Å². The van der Waals surface area contributed by atoms with Crippen molar-refractivity contribution in [3.63, 3.8) is 0 Å². The molecular formula is C16H17N3O4. The third-order valence-corrected chi connectivity index (χ3v) is 3.31. The van der Waals surface area contributed by atoms with Crippen LogP contribution in [0.15, 0.2) is 42.9 Å². The standard InChI is InChI=1S/C16H17N3O4/c1-23-14-5-3-2-4-11(14)8-12(16(21)22)9-19-15(20)13-10-17-6-7-18-13/h2-7,10,12H,8-9H2,1H3,(H,19,20)(H,21,22). The Balaban J connectivity index is 2.02. The lowest BCUT2D eigenvalue weighted by molar-refractivity contribution is -0.141. The molecule has 1 unspecified atom stereocenters. The van der Waals surface area contributed by atoms with E-state index in [9.17, 15) is 14.7 Å². The Bertz CT molecular complexity index is 676. The van der Waals surface area contributed by atoms with Gasteiger partial charge in [-0.1, -0.05) is 18.2 Å². The number of aliphatic carboxylic acids is 1. The SMILES string of the molecule is COc1ccccc1CC(CNC(=O)c1cnccn1)C(=O)O. The lowest BCUT2D eigenvalue weighted by Crippen LogP contribution is -2.34. The van der Waals surface area contributed by atoms with Gasteiger partial charge in [-0.3, -0.25) is 14.6 Å². The number of ether oxygens (including phenoxy) is 1. The van der Waals surface area contributed by atoms with Crippen LogP contribution in [0, 0.1) is 5.92 Å². The Kier molecular flexibility index (Phi) is 5.62. The molecule has 2 rings (SSSR count). The van der Waals surface area contributed by atoms with Crippen LogP contribution in [-0.2, 0) is 11.2 Å². The van der Waals surface area contributed by atoms with E-state index in [1.807, 2.05) is 12.1 Å². The number of aromatic nitrogens is 2. The zero-order valence-corrected chi connectivity index (χ0v) is 12.6. The van der Waals surface area contributed by atoms with Crippen LogP contribution in [0.1, 0.15) is 16.1 Å². The smallest absolute Gasteiger partial charge is 0.308 e. The third kappa shape index (κ3) is 4.50. The molecule has 7 heteroatoms. The molecule has 0 radical (unpaired) electrons. The van der Waals surface area contributed by atoms with Crippen LogP contribution in [-0.4, -0.2) is 40.6 Å². The molecular weight excluding hydrogens is 298 g/mol. The molecule has 7 nitrogen and oxygen atoms in total. The van der Waals surface area contributed by atoms with Crippen LogP contribution in [0.3, 0.4) is 0 Å². The molecule has 0 aliphatic rings. The van der Waals surface area contributed by atoms with E-state index in [4.69, 9.17) is 4.74 Å². The number of rotatable bonds is 7. The van der Waals surface area contributed by atoms with Gasteiger partial charge in [0.2, 0.25) is 0 Å². The van der Waals surface area contributed by atoms with E-state index in [0.717, 1.165) is 5.56 Å². The lowest BCUT2D eigenvalue weighted by atomic mass is 9.98. The van der Waals surface area contributed by atoms with Gasteiger partial charge in [-0.15, -0.1) is 0 Å². The fourth-order valence-electron chi connectivity index (χ4n) is 2.11. The summed E-state index contributed by atoms with van der Waals surface area (Å²) in [4.78, 5) is 31.0. The summed E-state index contributed by atoms with van der Waals surface area (Å²) >= 11 is 0. The average molecular weight is 315 g/mol. The van der Waals surface area contributed by atoms with Crippen LogP contribution >= 0.6 is 0 Å². The quantitative estimate of drug-likeness (QED) is 0.795. The maximum absolute atomic E-state index is 11.9. The molecule has 1 amide bonds. The second-order valence-corrected chi connectivity index (χ2v) is 4.85. The van der Waals surface area contributed by atoms with Crippen molar-refractivity contribution < 1.29 is 19.4 Å². The number of hydrogen-bond acceptors (Lipinski definition) is 5. The zero-order chi connectivity index (χ0) is 16.7. The molecule has 2 aromatic rings. The molecule has 23 heavy (non-hydrogen) atoms. The maximum Gasteiger partial charge on any atom is 0.308 e. The first-order valence-corrected chi connectivity index (χ1v) is 7.00. The summed E-state index contributed by atoms with van der Waals surface area (Å²) < 4.78 is 5.22. The van der Waals surface area contributed by atoms with E-state index in [-0.39, 0.29) is 18.7 Å². The molecule has 1 atom stereocenters. The molecule has 0 spiro atoms. The zero-order valence-electron chi connectivity index (χ0n) is 12.6. The Morgan fingerprint density at radius 3 is 2.74 bits per heavy atom. The number of carboxylic acid groups (broad SMARTS) is 1. The van der Waals surface area contributed by atoms with Crippen molar-refractivity contribution >= 4 is 11.9 Å². The van der Waals surface area contributed by atoms with Crippen LogP contribution in [0.5, 0.6) is 5.75 Å². The van der Waals surface area contributed by atoms with E-state index in [1.54, 1.807) is 12.1 Å². The van der Waals surface area contributed by atoms with Crippen molar-refractivity contribution in [2.24, 2.45) is 5.92 Å². The second kappa shape index (κ2) is 7.88. The Morgan fingerprint density at radius 1 is 1.30 bits per heavy atom. The second-order valence-electron chi connectivity index (χ2n) is 4.85. The number of carboxylic acids is 1. The number of amides is 1. The highest BCUT2D eigenvalue weighted by molar-refractivity contribution is 5.92. The van der Waals surface area contributed by atoms with E-state index >= 15 is 0 Å². The summed E-state index contributed by atoms with van der Waals surface area (Å²) in [6, 6.07) is 7.20. The average Bonchev–Trinajstić information content (AvgIpc) is 2.59. The summed E-state index contributed by atoms with van der Waals surface area (Å²) in [5.74, 6) is -1.59. The minimum absolute atomic E-state index is 0.0111. The van der Waals surface area contributed by atoms with Gasteiger partial charge in [0.15, 0.2) is 0 Å². The van der Waals surface area contributed by atoms with Gasteiger partial charge in [0.1, 0.15) is 11.4 Å². The molecule has 1 heterocycles. The lowest BCUT2D eigenvalue weighted by Gasteiger charge is -2.15. The van der Waals surface area contributed by atoms with E-state index in [0.29, 0.717) is 5.75 Å². The van der Waals surface area contributed by atoms with Gasteiger partial charge in [-0.2, -0.15) is 0 Å². The molecule has 0 aliphatic carbocycles. The number of nitrogens with zero attached hydrogens (tertiary/aromatic N) is 2. The molecule has 120 valence electrons. The minimum atomic E-state index is -0.990. The van der Waals surface area contributed by atoms with Gasteiger partial charge in [0, 0.05) is 18.9 Å². The molecule has 0 saturated heterocycles. The molecule has 0 saturated carbocycles. The van der Waals surface area contributed by atoms with Crippen LogP contribution in [0.2, 0.25) is 0 Å². The number of hydrogen-bond donors (Lipinski definition) is 2. The van der Waals surface area contributed by atoms with Gasteiger partial charge >= 0.3 is 5.97 Å². The van der Waals surface area contributed by atoms with Crippen molar-refractivity contribution in [1.82, 2.24) is 15.3 Å². The summed E-state index contributed by atoms with van der Waals surface area (Å²) in [5, 5.41) is 11.9. The van der Waals surface area contributed by atoms with E-state index < -0.39 is 17.8 Å². The predicted molar refractivity (Wildman–Crippen MR) is 82.2 cm³/mol. The van der Waals surface area contributed by atoms with Gasteiger partial charge in [0.25, 0.3) is 5.91 Å². The highest BCUT2D eigenvalue weighted by Crippen LogP contribution is 2.21. The molecule has 1 aromatic heterocycles. The Labute approximate surface area is 133 Å². The molecule has 0 aliphatic heterocycles. The normalized spacial score (nSPS) is 11.5. The largest absolute Gasteiger partial charge is 0.496 e. The third-order valence-electron chi connectivity index (χ3n) is 3.31. The number of carbonyl (C=O) groups excluding carboxylic acids is 1. The molecule has 0 bridgehead atoms. The van der Waals surface area contributed by atoms with Gasteiger partial charge in [-0.25, -0.2) is 4.98 Å². The van der Waals surface area contributed by atoms with Crippen molar-refractivity contribution in [1.29, 1.82) is 0 Å². The van der Waals surface area contributed by atoms with Crippen molar-refractivity contribution in [3.8, 4) is 5.75 Å². The van der Waals surface area contributed by atoms with Crippen molar-refractivity contribution in [3.05, 3.63) is 54.1 Å². The predicted octanol–water partition coefficient (Wildman–Crippen LogP) is 1.16. The van der Waals surface area contributed by atoms with Gasteiger partial charge in [-0.05, 0) is 18.1 Å². The highest BCUT2D eigenvalue weighted by atomic mass is 16.5. The minimum Gasteiger partial charge on any atom is -0.496 e. The van der Waals surface area contributed by atoms with Crippen LogP contribution in [0.4, 0.5) is 0 Å². The van der Waals surface area contributed by atoms with E-state index in [2.05, 4.69) is 15.3 Å². The number of carbonyl (C=O) groups is 2. The molecule has 0 fully saturated rings. The highest BCUT2D eigenvalue weighted by Gasteiger charge is 2.21.